The van der Waals surface area contributed by atoms with Crippen LogP contribution in [0, 0.1) is 5.13 Å². The van der Waals surface area contributed by atoms with E-state index in [0.717, 1.165) is 16.2 Å². The number of carbonyl (C=O) groups excluding carboxylic acids is 1. The van der Waals surface area contributed by atoms with Gasteiger partial charge in [-0.05, 0) is 23.6 Å². The van der Waals surface area contributed by atoms with Crippen LogP contribution < -0.4 is 5.43 Å². The first-order chi connectivity index (χ1) is 10.2. The molecule has 0 aromatic carbocycles. The summed E-state index contributed by atoms with van der Waals surface area (Å²) >= 11 is 2.43. The molecule has 0 atom stereocenters. The number of nitrogens with one attached hydrogen (secondary N) is 1. The molecular formula is C13H8FN3O2S2. The van der Waals surface area contributed by atoms with Crippen LogP contribution in [0.2, 0.25) is 0 Å². The molecule has 5 nitrogen and oxygen atoms in total. The Balaban J connectivity index is 1.64. The third-order valence-electron chi connectivity index (χ3n) is 2.46. The lowest BCUT2D eigenvalue weighted by Gasteiger charge is -1.92. The Hall–Kier alpha value is -2.32. The van der Waals surface area contributed by atoms with Crippen LogP contribution in [0.5, 0.6) is 0 Å². The highest BCUT2D eigenvalue weighted by molar-refractivity contribution is 7.13. The average molecular weight is 321 g/mol. The second-order valence-corrected chi connectivity index (χ2v) is 5.91. The minimum atomic E-state index is -0.491. The maximum Gasteiger partial charge on any atom is 0.293 e. The van der Waals surface area contributed by atoms with Crippen LogP contribution in [0.25, 0.3) is 10.6 Å². The molecule has 0 saturated carbocycles. The van der Waals surface area contributed by atoms with Crippen LogP contribution in [-0.4, -0.2) is 17.3 Å². The fraction of sp³-hybridized carbons (Fsp3) is 0. The minimum Gasteiger partial charge on any atom is -0.355 e. The van der Waals surface area contributed by atoms with Gasteiger partial charge in [-0.2, -0.15) is 9.49 Å². The van der Waals surface area contributed by atoms with Crippen molar-refractivity contribution in [3.63, 3.8) is 0 Å². The predicted molar refractivity (Wildman–Crippen MR) is 79.2 cm³/mol. The van der Waals surface area contributed by atoms with E-state index in [9.17, 15) is 9.18 Å². The number of carbonyl (C=O) groups is 1. The first-order valence-corrected chi connectivity index (χ1v) is 7.51. The van der Waals surface area contributed by atoms with Gasteiger partial charge in [0.2, 0.25) is 0 Å². The summed E-state index contributed by atoms with van der Waals surface area (Å²) in [6, 6.07) is 8.20. The maximum atomic E-state index is 12.8. The van der Waals surface area contributed by atoms with E-state index < -0.39 is 5.91 Å². The molecule has 0 aliphatic carbocycles. The zero-order valence-electron chi connectivity index (χ0n) is 10.4. The Morgan fingerprint density at radius 2 is 2.33 bits per heavy atom. The van der Waals surface area contributed by atoms with Crippen LogP contribution in [0.4, 0.5) is 4.39 Å². The molecule has 8 heteroatoms. The van der Waals surface area contributed by atoms with Gasteiger partial charge in [-0.3, -0.25) is 4.79 Å². The molecule has 3 aromatic heterocycles. The molecule has 106 valence electrons. The van der Waals surface area contributed by atoms with Gasteiger partial charge in [0.05, 0.1) is 16.0 Å². The first-order valence-electron chi connectivity index (χ1n) is 5.82. The van der Waals surface area contributed by atoms with Crippen LogP contribution in [0.15, 0.2) is 45.3 Å². The van der Waals surface area contributed by atoms with E-state index in [1.165, 1.54) is 23.6 Å². The van der Waals surface area contributed by atoms with Gasteiger partial charge in [0.1, 0.15) is 0 Å². The van der Waals surface area contributed by atoms with Gasteiger partial charge < -0.3 is 4.52 Å². The number of nitrogens with zero attached hydrogens (tertiary/aromatic N) is 2. The zero-order valence-corrected chi connectivity index (χ0v) is 12.1. The number of aromatic nitrogens is 1. The summed E-state index contributed by atoms with van der Waals surface area (Å²) in [7, 11) is 0. The van der Waals surface area contributed by atoms with Gasteiger partial charge in [0.15, 0.2) is 16.6 Å². The Bertz CT molecular complexity index is 777. The van der Waals surface area contributed by atoms with E-state index in [-0.39, 0.29) is 10.8 Å². The number of thiophene rings is 2. The molecule has 0 spiro atoms. The summed E-state index contributed by atoms with van der Waals surface area (Å²) in [6.07, 6.45) is 1.37. The summed E-state index contributed by atoms with van der Waals surface area (Å²) in [6.45, 7) is 0. The Labute approximate surface area is 126 Å². The minimum absolute atomic E-state index is 0.132. The lowest BCUT2D eigenvalue weighted by molar-refractivity contribution is 0.0946. The van der Waals surface area contributed by atoms with E-state index in [2.05, 4.69) is 15.7 Å². The maximum absolute atomic E-state index is 12.8. The molecule has 1 N–H and O–H groups in total. The third-order valence-corrected chi connectivity index (χ3v) is 4.15. The van der Waals surface area contributed by atoms with Crippen LogP contribution in [0.1, 0.15) is 15.4 Å². The topological polar surface area (TPSA) is 67.5 Å². The fourth-order valence-corrected chi connectivity index (χ4v) is 2.80. The van der Waals surface area contributed by atoms with Gasteiger partial charge in [0, 0.05) is 6.07 Å². The highest BCUT2D eigenvalue weighted by Gasteiger charge is 2.13. The van der Waals surface area contributed by atoms with Crippen LogP contribution in [0.3, 0.4) is 0 Å². The zero-order chi connectivity index (χ0) is 14.7. The van der Waals surface area contributed by atoms with Crippen molar-refractivity contribution >= 4 is 34.8 Å². The summed E-state index contributed by atoms with van der Waals surface area (Å²) in [5.41, 5.74) is 2.44. The highest BCUT2D eigenvalue weighted by Crippen LogP contribution is 2.25. The Morgan fingerprint density at radius 1 is 1.43 bits per heavy atom. The van der Waals surface area contributed by atoms with Gasteiger partial charge in [-0.25, -0.2) is 5.43 Å². The molecule has 0 aliphatic heterocycles. The molecule has 3 aromatic rings. The number of amides is 1. The smallest absolute Gasteiger partial charge is 0.293 e. The SMILES string of the molecule is O=C(N/N=C/c1ccc(F)s1)c1cc(-c2cccs2)on1. The van der Waals surface area contributed by atoms with Crippen molar-refractivity contribution < 1.29 is 13.7 Å². The fourth-order valence-electron chi connectivity index (χ4n) is 1.53. The largest absolute Gasteiger partial charge is 0.355 e. The van der Waals surface area contributed by atoms with E-state index in [1.54, 1.807) is 12.1 Å². The van der Waals surface area contributed by atoms with Gasteiger partial charge >= 0.3 is 0 Å². The van der Waals surface area contributed by atoms with Crippen molar-refractivity contribution in [3.05, 3.63) is 51.4 Å². The molecule has 0 aliphatic rings. The van der Waals surface area contributed by atoms with E-state index in [0.29, 0.717) is 10.6 Å². The summed E-state index contributed by atoms with van der Waals surface area (Å²) < 4.78 is 17.9. The van der Waals surface area contributed by atoms with Crippen molar-refractivity contribution in [2.45, 2.75) is 0 Å². The quantitative estimate of drug-likeness (QED) is 0.592. The molecule has 0 radical (unpaired) electrons. The monoisotopic (exact) mass is 321 g/mol. The number of halogens is 1. The lowest BCUT2D eigenvalue weighted by atomic mass is 10.3. The van der Waals surface area contributed by atoms with Crippen molar-refractivity contribution in [2.75, 3.05) is 0 Å². The molecular weight excluding hydrogens is 313 g/mol. The molecule has 0 saturated heterocycles. The Kier molecular flexibility index (Phi) is 3.89. The summed E-state index contributed by atoms with van der Waals surface area (Å²) in [5, 5.41) is 9.03. The van der Waals surface area contributed by atoms with E-state index >= 15 is 0 Å². The van der Waals surface area contributed by atoms with Crippen LogP contribution in [-0.2, 0) is 0 Å². The molecule has 21 heavy (non-hydrogen) atoms. The molecule has 1 amide bonds. The second kappa shape index (κ2) is 5.98. The Morgan fingerprint density at radius 3 is 3.05 bits per heavy atom. The van der Waals surface area contributed by atoms with Crippen molar-refractivity contribution in [2.24, 2.45) is 5.10 Å². The number of hydrogen-bond acceptors (Lipinski definition) is 6. The highest BCUT2D eigenvalue weighted by atomic mass is 32.1. The standard InChI is InChI=1S/C13H8FN3O2S2/c14-12-4-3-8(21-12)7-15-16-13(18)9-6-10(19-17-9)11-2-1-5-20-11/h1-7H,(H,16,18)/b15-7+. The second-order valence-electron chi connectivity index (χ2n) is 3.89. The number of hydrogen-bond donors (Lipinski definition) is 1. The number of hydrazone groups is 1. The van der Waals surface area contributed by atoms with E-state index in [4.69, 9.17) is 4.52 Å². The summed E-state index contributed by atoms with van der Waals surface area (Å²) in [4.78, 5) is 13.3. The molecule has 3 rings (SSSR count). The van der Waals surface area contributed by atoms with Crippen LogP contribution >= 0.6 is 22.7 Å². The normalized spacial score (nSPS) is 11.1. The first kappa shape index (κ1) is 13.7. The third kappa shape index (κ3) is 3.23. The van der Waals surface area contributed by atoms with Crippen molar-refractivity contribution in [1.82, 2.24) is 10.6 Å². The van der Waals surface area contributed by atoms with Gasteiger partial charge in [0.25, 0.3) is 5.91 Å². The lowest BCUT2D eigenvalue weighted by Crippen LogP contribution is -2.17. The van der Waals surface area contributed by atoms with Gasteiger partial charge in [-0.15, -0.1) is 22.7 Å². The predicted octanol–water partition coefficient (Wildman–Crippen LogP) is 3.37. The number of rotatable bonds is 4. The molecule has 0 fully saturated rings. The van der Waals surface area contributed by atoms with E-state index in [1.807, 2.05) is 17.5 Å². The molecule has 3 heterocycles. The molecule has 0 unspecified atom stereocenters. The molecule has 0 bridgehead atoms. The van der Waals surface area contributed by atoms with Crippen molar-refractivity contribution in [3.8, 4) is 10.6 Å². The summed E-state index contributed by atoms with van der Waals surface area (Å²) in [5.74, 6) is 0.0364. The average Bonchev–Trinajstić information content (AvgIpc) is 3.19. The van der Waals surface area contributed by atoms with Gasteiger partial charge in [-0.1, -0.05) is 11.2 Å². The van der Waals surface area contributed by atoms with Crippen molar-refractivity contribution in [1.29, 1.82) is 0 Å².